The van der Waals surface area contributed by atoms with Crippen molar-refractivity contribution in [3.8, 4) is 0 Å². The zero-order valence-electron chi connectivity index (χ0n) is 9.39. The summed E-state index contributed by atoms with van der Waals surface area (Å²) in [6, 6.07) is 8.56. The van der Waals surface area contributed by atoms with Crippen molar-refractivity contribution < 1.29 is 0 Å². The molecule has 15 heavy (non-hydrogen) atoms. The van der Waals surface area contributed by atoms with Gasteiger partial charge in [0.2, 0.25) is 0 Å². The summed E-state index contributed by atoms with van der Waals surface area (Å²) in [6.45, 7) is 5.75. The van der Waals surface area contributed by atoms with Crippen LogP contribution in [0.5, 0.6) is 0 Å². The lowest BCUT2D eigenvalue weighted by Crippen LogP contribution is -2.36. The maximum Gasteiger partial charge on any atom is 0.0453 e. The quantitative estimate of drug-likeness (QED) is 0.764. The minimum Gasteiger partial charge on any atom is -0.310 e. The molecule has 1 aromatic carbocycles. The van der Waals surface area contributed by atoms with E-state index < -0.39 is 0 Å². The number of hydrogen-bond acceptors (Lipinski definition) is 1. The highest BCUT2D eigenvalue weighted by atomic mass is 35.5. The summed E-state index contributed by atoms with van der Waals surface area (Å²) >= 11 is 6.21. The zero-order valence-corrected chi connectivity index (χ0v) is 10.1. The fourth-order valence-electron chi connectivity index (χ4n) is 2.29. The van der Waals surface area contributed by atoms with Crippen molar-refractivity contribution in [2.24, 2.45) is 5.41 Å². The van der Waals surface area contributed by atoms with Gasteiger partial charge in [-0.05, 0) is 36.4 Å². The van der Waals surface area contributed by atoms with Gasteiger partial charge in [-0.1, -0.05) is 43.6 Å². The molecule has 0 amide bonds. The van der Waals surface area contributed by atoms with Gasteiger partial charge in [0.15, 0.2) is 0 Å². The third kappa shape index (κ3) is 2.53. The minimum absolute atomic E-state index is 0.419. The predicted octanol–water partition coefficient (Wildman–Crippen LogP) is 3.79. The van der Waals surface area contributed by atoms with E-state index in [1.807, 2.05) is 12.1 Å². The average molecular weight is 224 g/mol. The van der Waals surface area contributed by atoms with E-state index >= 15 is 0 Å². The van der Waals surface area contributed by atoms with E-state index in [9.17, 15) is 0 Å². The molecule has 1 saturated heterocycles. The normalized spacial score (nSPS) is 25.1. The van der Waals surface area contributed by atoms with E-state index in [4.69, 9.17) is 11.6 Å². The van der Waals surface area contributed by atoms with Crippen LogP contribution in [0.15, 0.2) is 24.3 Å². The molecule has 1 aliphatic rings. The van der Waals surface area contributed by atoms with Gasteiger partial charge in [0, 0.05) is 11.1 Å². The summed E-state index contributed by atoms with van der Waals surface area (Å²) in [6.07, 6.45) is 2.41. The summed E-state index contributed by atoms with van der Waals surface area (Å²) in [5.74, 6) is 0. The number of benzene rings is 1. The summed E-state index contributed by atoms with van der Waals surface area (Å²) in [4.78, 5) is 0. The molecule has 1 aromatic rings. The van der Waals surface area contributed by atoms with Crippen LogP contribution >= 0.6 is 11.6 Å². The second-order valence-electron chi connectivity index (χ2n) is 5.15. The molecule has 0 radical (unpaired) electrons. The standard InChI is InChI=1S/C13H18ClN/c1-13(2)7-8-15-12(9-13)10-5-3-4-6-11(10)14/h3-6,12,15H,7-9H2,1-2H3. The van der Waals surface area contributed by atoms with Crippen LogP contribution < -0.4 is 5.32 Å². The first-order chi connectivity index (χ1) is 7.08. The monoisotopic (exact) mass is 223 g/mol. The van der Waals surface area contributed by atoms with E-state index in [1.165, 1.54) is 12.0 Å². The molecule has 1 aliphatic heterocycles. The summed E-state index contributed by atoms with van der Waals surface area (Å²) in [5.41, 5.74) is 1.67. The van der Waals surface area contributed by atoms with E-state index in [0.29, 0.717) is 11.5 Å². The van der Waals surface area contributed by atoms with Crippen molar-refractivity contribution in [2.45, 2.75) is 32.7 Å². The second kappa shape index (κ2) is 4.15. The fraction of sp³-hybridized carbons (Fsp3) is 0.538. The van der Waals surface area contributed by atoms with Crippen LogP contribution in [-0.4, -0.2) is 6.54 Å². The van der Waals surface area contributed by atoms with Crippen LogP contribution in [0.1, 0.15) is 38.3 Å². The van der Waals surface area contributed by atoms with Crippen LogP contribution in [-0.2, 0) is 0 Å². The molecule has 0 spiro atoms. The van der Waals surface area contributed by atoms with Crippen molar-refractivity contribution >= 4 is 11.6 Å². The smallest absolute Gasteiger partial charge is 0.0453 e. The highest BCUT2D eigenvalue weighted by Gasteiger charge is 2.29. The lowest BCUT2D eigenvalue weighted by molar-refractivity contribution is 0.211. The number of hydrogen-bond donors (Lipinski definition) is 1. The van der Waals surface area contributed by atoms with Gasteiger partial charge in [0.05, 0.1) is 0 Å². The first kappa shape index (κ1) is 11.0. The van der Waals surface area contributed by atoms with Gasteiger partial charge in [-0.2, -0.15) is 0 Å². The molecule has 0 aliphatic carbocycles. The second-order valence-corrected chi connectivity index (χ2v) is 5.55. The highest BCUT2D eigenvalue weighted by molar-refractivity contribution is 6.31. The van der Waals surface area contributed by atoms with Crippen molar-refractivity contribution in [1.29, 1.82) is 0 Å². The van der Waals surface area contributed by atoms with E-state index in [-0.39, 0.29) is 0 Å². The molecule has 1 fully saturated rings. The van der Waals surface area contributed by atoms with Gasteiger partial charge >= 0.3 is 0 Å². The Morgan fingerprint density at radius 1 is 1.33 bits per heavy atom. The van der Waals surface area contributed by atoms with Gasteiger partial charge in [0.25, 0.3) is 0 Å². The molecule has 2 rings (SSSR count). The Balaban J connectivity index is 2.21. The van der Waals surface area contributed by atoms with Crippen LogP contribution in [0.4, 0.5) is 0 Å². The molecule has 1 unspecified atom stereocenters. The first-order valence-corrected chi connectivity index (χ1v) is 5.94. The predicted molar refractivity (Wildman–Crippen MR) is 65.2 cm³/mol. The molecule has 82 valence electrons. The average Bonchev–Trinajstić information content (AvgIpc) is 2.17. The lowest BCUT2D eigenvalue weighted by atomic mass is 9.78. The summed E-state index contributed by atoms with van der Waals surface area (Å²) in [5, 5.41) is 4.43. The molecule has 1 N–H and O–H groups in total. The number of rotatable bonds is 1. The summed E-state index contributed by atoms with van der Waals surface area (Å²) in [7, 11) is 0. The van der Waals surface area contributed by atoms with E-state index in [2.05, 4.69) is 31.3 Å². The topological polar surface area (TPSA) is 12.0 Å². The molecule has 1 nitrogen and oxygen atoms in total. The van der Waals surface area contributed by atoms with Crippen LogP contribution in [0, 0.1) is 5.41 Å². The Hall–Kier alpha value is -0.530. The Morgan fingerprint density at radius 3 is 2.73 bits per heavy atom. The molecule has 0 aromatic heterocycles. The van der Waals surface area contributed by atoms with Crippen LogP contribution in [0.3, 0.4) is 0 Å². The third-order valence-corrected chi connectivity index (χ3v) is 3.57. The Kier molecular flexibility index (Phi) is 3.03. The minimum atomic E-state index is 0.419. The molecule has 1 heterocycles. The van der Waals surface area contributed by atoms with Crippen molar-refractivity contribution in [1.82, 2.24) is 5.32 Å². The Labute approximate surface area is 96.8 Å². The first-order valence-electron chi connectivity index (χ1n) is 5.56. The number of piperidine rings is 1. The van der Waals surface area contributed by atoms with Crippen molar-refractivity contribution in [2.75, 3.05) is 6.54 Å². The molecule has 0 saturated carbocycles. The maximum atomic E-state index is 6.21. The fourth-order valence-corrected chi connectivity index (χ4v) is 2.56. The molecular formula is C13H18ClN. The van der Waals surface area contributed by atoms with Gasteiger partial charge in [-0.15, -0.1) is 0 Å². The molecule has 1 atom stereocenters. The van der Waals surface area contributed by atoms with Gasteiger partial charge in [-0.3, -0.25) is 0 Å². The van der Waals surface area contributed by atoms with Crippen molar-refractivity contribution in [3.63, 3.8) is 0 Å². The Morgan fingerprint density at radius 2 is 2.07 bits per heavy atom. The van der Waals surface area contributed by atoms with Gasteiger partial charge in [-0.25, -0.2) is 0 Å². The molecule has 0 bridgehead atoms. The largest absolute Gasteiger partial charge is 0.310 e. The molecular weight excluding hydrogens is 206 g/mol. The van der Waals surface area contributed by atoms with E-state index in [0.717, 1.165) is 18.0 Å². The molecule has 2 heteroatoms. The highest BCUT2D eigenvalue weighted by Crippen LogP contribution is 2.38. The SMILES string of the molecule is CC1(C)CCNC(c2ccccc2Cl)C1. The zero-order chi connectivity index (χ0) is 10.9. The third-order valence-electron chi connectivity index (χ3n) is 3.23. The van der Waals surface area contributed by atoms with E-state index in [1.54, 1.807) is 0 Å². The van der Waals surface area contributed by atoms with Gasteiger partial charge in [0.1, 0.15) is 0 Å². The van der Waals surface area contributed by atoms with Crippen molar-refractivity contribution in [3.05, 3.63) is 34.9 Å². The van der Waals surface area contributed by atoms with Crippen LogP contribution in [0.2, 0.25) is 5.02 Å². The van der Waals surface area contributed by atoms with Gasteiger partial charge < -0.3 is 5.32 Å². The Bertz CT molecular complexity index is 346. The maximum absolute atomic E-state index is 6.21. The number of nitrogens with one attached hydrogen (secondary N) is 1. The van der Waals surface area contributed by atoms with Crippen LogP contribution in [0.25, 0.3) is 0 Å². The summed E-state index contributed by atoms with van der Waals surface area (Å²) < 4.78 is 0. The lowest BCUT2D eigenvalue weighted by Gasteiger charge is -2.36. The number of halogens is 1.